The van der Waals surface area contributed by atoms with Gasteiger partial charge < -0.3 is 9.80 Å². The lowest BCUT2D eigenvalue weighted by Gasteiger charge is -2.35. The lowest BCUT2D eigenvalue weighted by molar-refractivity contribution is 0.629. The molecule has 2 aliphatic rings. The summed E-state index contributed by atoms with van der Waals surface area (Å²) in [6.45, 7) is 7.99. The summed E-state index contributed by atoms with van der Waals surface area (Å²) >= 11 is 0. The molecule has 0 fully saturated rings. The number of hydrogen-bond acceptors (Lipinski definition) is 2. The van der Waals surface area contributed by atoms with Crippen molar-refractivity contribution in [1.29, 1.82) is 0 Å². The van der Waals surface area contributed by atoms with Crippen LogP contribution in [-0.4, -0.2) is 0 Å². The van der Waals surface area contributed by atoms with E-state index >= 15 is 0 Å². The van der Waals surface area contributed by atoms with Gasteiger partial charge in [0.1, 0.15) is 0 Å². The van der Waals surface area contributed by atoms with E-state index in [4.69, 9.17) is 8.22 Å². The first-order valence-electron chi connectivity index (χ1n) is 35.5. The highest BCUT2D eigenvalue weighted by Gasteiger charge is 2.47. The summed E-state index contributed by atoms with van der Waals surface area (Å²) in [5.74, 6) is 0. The quantitative estimate of drug-likeness (QED) is 0.101. The van der Waals surface area contributed by atoms with Crippen LogP contribution in [0.4, 0.5) is 34.1 Å². The van der Waals surface area contributed by atoms with Crippen LogP contribution in [0.5, 0.6) is 0 Å². The predicted octanol–water partition coefficient (Wildman–Crippen LogP) is 23.0. The molecule has 2 nitrogen and oxygen atoms in total. The van der Waals surface area contributed by atoms with Crippen molar-refractivity contribution in [3.05, 3.63) is 396 Å². The molecule has 14 aromatic carbocycles. The van der Waals surface area contributed by atoms with Crippen LogP contribution >= 0.6 is 0 Å². The van der Waals surface area contributed by atoms with Gasteiger partial charge in [0.2, 0.25) is 0 Å². The van der Waals surface area contributed by atoms with Gasteiger partial charge in [-0.15, -0.1) is 0 Å². The van der Waals surface area contributed by atoms with Gasteiger partial charge in [-0.05, 0) is 173 Å². The van der Waals surface area contributed by atoms with Crippen molar-refractivity contribution in [1.82, 2.24) is 0 Å². The van der Waals surface area contributed by atoms with Crippen molar-refractivity contribution in [3.8, 4) is 33.4 Å². The Morgan fingerprint density at radius 1 is 0.322 bits per heavy atom. The highest BCUT2D eigenvalue weighted by atomic mass is 15.1. The number of nitrogens with zero attached hydrogens (tertiary/aromatic N) is 2. The van der Waals surface area contributed by atoms with Gasteiger partial charge in [0.25, 0.3) is 0 Å². The van der Waals surface area contributed by atoms with E-state index in [1.165, 1.54) is 0 Å². The summed E-state index contributed by atoms with van der Waals surface area (Å²) in [6.07, 6.45) is 4.19. The van der Waals surface area contributed by atoms with E-state index in [9.17, 15) is 5.48 Å². The summed E-state index contributed by atoms with van der Waals surface area (Å²) < 4.78 is 92.7. The molecule has 0 amide bonds. The minimum absolute atomic E-state index is 0.219. The first-order valence-corrected chi connectivity index (χ1v) is 30.5. The van der Waals surface area contributed by atoms with Crippen LogP contribution in [0.3, 0.4) is 0 Å². The van der Waals surface area contributed by atoms with Crippen LogP contribution < -0.4 is 9.80 Å². The zero-order valence-corrected chi connectivity index (χ0v) is 49.3. The molecule has 16 rings (SSSR count). The molecule has 426 valence electrons. The Bertz CT molecular complexity index is 5250. The third-order valence-corrected chi connectivity index (χ3v) is 18.6. The number of anilines is 6. The molecule has 0 aliphatic heterocycles. The lowest BCUT2D eigenvalue weighted by Crippen LogP contribution is -2.30. The highest BCUT2D eigenvalue weighted by molar-refractivity contribution is 6.01. The SMILES string of the molecule is [2H]c1c([2H])c([2H])c(C2(Cc3ccc(C=C)cc3)c3ccccc3-c3ccc(N(c4ccc(-c5ccc(N(c6ccc7c(c6)C(Cc6ccc(C=C)cc6)(c6c([2H])c([2H])c([2H])c([2H])c6[2H])c6ccccc6-7)c6cccc7ccccc67)cc5)cc4)c4cccc5ccccc45)cc32)c([2H])c1[2H]. The number of rotatable bonds is 15. The third kappa shape index (κ3) is 9.02. The summed E-state index contributed by atoms with van der Waals surface area (Å²) in [5.41, 5.74) is 15.9. The molecule has 90 heavy (non-hydrogen) atoms. The number of fused-ring (bicyclic) bond motifs is 8. The van der Waals surface area contributed by atoms with Crippen molar-refractivity contribution >= 4 is 67.8 Å². The third-order valence-electron chi connectivity index (χ3n) is 18.6. The molecule has 0 bridgehead atoms. The Morgan fingerprint density at radius 3 is 1.09 bits per heavy atom. The van der Waals surface area contributed by atoms with Gasteiger partial charge in [0, 0.05) is 33.5 Å². The Morgan fingerprint density at radius 2 is 0.678 bits per heavy atom. The minimum atomic E-state index is -1.24. The monoisotopic (exact) mass is 1160 g/mol. The second kappa shape index (κ2) is 22.4. The van der Waals surface area contributed by atoms with E-state index in [0.29, 0.717) is 12.8 Å². The summed E-state index contributed by atoms with van der Waals surface area (Å²) in [5, 5.41) is 4.15. The standard InChI is InChI=1S/C88H64N2/c1-3-61-37-41-63(42-38-61)59-87(69-25-7-5-8-26-69)81-33-17-15-31-77(81)79-55-53-73(57-83(79)87)89(85-35-19-23-67-21-11-13-29-75(67)85)71-49-45-65(46-50-71)66-47-51-72(52-48-66)90(86-36-20-24-68-22-12-14-30-76(68)86)74-54-56-80-78-32-16-18-34-82(78)88(84(80)58-74,70-27-9-6-10-28-70)60-64-43-39-62(4-2)40-44-64/h3-58H,1-2,59-60H2/i5D,6D,7D,8D,9D,10D,25D,26D,27D,28D. The maximum atomic E-state index is 9.70. The van der Waals surface area contributed by atoms with Crippen LogP contribution in [0.25, 0.3) is 67.1 Å². The van der Waals surface area contributed by atoms with Crippen LogP contribution in [0.15, 0.2) is 341 Å². The minimum Gasteiger partial charge on any atom is -0.310 e. The Hall–Kier alpha value is -11.3. The summed E-state index contributed by atoms with van der Waals surface area (Å²) in [7, 11) is 0. The van der Waals surface area contributed by atoms with E-state index in [1.54, 1.807) is 12.2 Å². The molecule has 14 aromatic rings. The van der Waals surface area contributed by atoms with E-state index < -0.39 is 22.9 Å². The smallest absolute Gasteiger partial charge is 0.0626 e. The first kappa shape index (κ1) is 44.2. The van der Waals surface area contributed by atoms with E-state index in [0.717, 1.165) is 134 Å². The molecule has 0 saturated heterocycles. The first-order chi connectivity index (χ1) is 48.6. The van der Waals surface area contributed by atoms with Crippen LogP contribution in [0.2, 0.25) is 0 Å². The molecule has 2 atom stereocenters. The fraction of sp³-hybridized carbons (Fsp3) is 0.0455. The summed E-state index contributed by atoms with van der Waals surface area (Å²) in [6, 6.07) is 88.1. The topological polar surface area (TPSA) is 6.48 Å². The number of hydrogen-bond donors (Lipinski definition) is 0. The van der Waals surface area contributed by atoms with Gasteiger partial charge >= 0.3 is 0 Å². The maximum absolute atomic E-state index is 9.70. The fourth-order valence-electron chi connectivity index (χ4n) is 14.4. The van der Waals surface area contributed by atoms with Gasteiger partial charge in [-0.25, -0.2) is 0 Å². The van der Waals surface area contributed by atoms with Crippen LogP contribution in [0.1, 0.15) is 69.3 Å². The molecule has 0 radical (unpaired) electrons. The van der Waals surface area contributed by atoms with Crippen molar-refractivity contribution in [2.75, 3.05) is 9.80 Å². The second-order valence-corrected chi connectivity index (χ2v) is 23.4. The largest absolute Gasteiger partial charge is 0.310 e. The van der Waals surface area contributed by atoms with Gasteiger partial charge in [-0.3, -0.25) is 0 Å². The zero-order chi connectivity index (χ0) is 68.9. The predicted molar refractivity (Wildman–Crippen MR) is 380 cm³/mol. The van der Waals surface area contributed by atoms with E-state index in [2.05, 4.69) is 181 Å². The Balaban J connectivity index is 0.837. The van der Waals surface area contributed by atoms with Crippen molar-refractivity contribution in [2.24, 2.45) is 0 Å². The molecule has 0 N–H and O–H groups in total. The van der Waals surface area contributed by atoms with Gasteiger partial charge in [0.15, 0.2) is 0 Å². The van der Waals surface area contributed by atoms with Crippen LogP contribution in [-0.2, 0) is 23.7 Å². The van der Waals surface area contributed by atoms with E-state index in [-0.39, 0.29) is 59.5 Å². The van der Waals surface area contributed by atoms with Gasteiger partial charge in [-0.2, -0.15) is 0 Å². The average molecular weight is 1160 g/mol. The second-order valence-electron chi connectivity index (χ2n) is 23.4. The lowest BCUT2D eigenvalue weighted by atomic mass is 9.68. The summed E-state index contributed by atoms with van der Waals surface area (Å²) in [4.78, 5) is 4.51. The average Bonchev–Trinajstić information content (AvgIpc) is 1.51. The van der Waals surface area contributed by atoms with Crippen molar-refractivity contribution in [3.63, 3.8) is 0 Å². The Labute approximate surface area is 542 Å². The van der Waals surface area contributed by atoms with Gasteiger partial charge in [-0.1, -0.05) is 292 Å². The molecule has 0 spiro atoms. The Kier molecular flexibility index (Phi) is 11.0. The molecular weight excluding hydrogens is 1080 g/mol. The molecule has 0 aromatic heterocycles. The maximum Gasteiger partial charge on any atom is 0.0626 e. The molecule has 2 unspecified atom stereocenters. The molecule has 2 aliphatic carbocycles. The van der Waals surface area contributed by atoms with Crippen molar-refractivity contribution < 1.29 is 13.7 Å². The fourth-order valence-corrected chi connectivity index (χ4v) is 14.4. The van der Waals surface area contributed by atoms with E-state index in [1.807, 2.05) is 109 Å². The van der Waals surface area contributed by atoms with Crippen molar-refractivity contribution in [2.45, 2.75) is 23.7 Å². The normalized spacial score (nSPS) is 16.7. The zero-order valence-electron chi connectivity index (χ0n) is 59.3. The van der Waals surface area contributed by atoms with Gasteiger partial charge in [0.05, 0.1) is 35.9 Å². The molecule has 2 heteroatoms. The van der Waals surface area contributed by atoms with Crippen LogP contribution in [0, 0.1) is 0 Å². The molecule has 0 saturated carbocycles. The highest BCUT2D eigenvalue weighted by Crippen LogP contribution is 2.58. The number of benzene rings is 14. The molecular formula is C88H64N2. The molecule has 0 heterocycles.